The third-order valence-corrected chi connectivity index (χ3v) is 6.52. The Labute approximate surface area is 217 Å². The molecule has 4 rings (SSSR count). The lowest BCUT2D eigenvalue weighted by Crippen LogP contribution is -2.41. The second kappa shape index (κ2) is 13.1. The first-order valence-electron chi connectivity index (χ1n) is 12.7. The fourth-order valence-corrected chi connectivity index (χ4v) is 4.61. The average molecular weight is 504 g/mol. The topological polar surface area (TPSA) is 68.8 Å². The van der Waals surface area contributed by atoms with Crippen LogP contribution in [0.25, 0.3) is 0 Å². The first kappa shape index (κ1) is 26.4. The van der Waals surface area contributed by atoms with Crippen LogP contribution in [0, 0.1) is 5.82 Å². The number of hydrogen-bond acceptors (Lipinski definition) is 5. The van der Waals surface area contributed by atoms with Gasteiger partial charge in [-0.25, -0.2) is 4.39 Å². The number of nitrogens with one attached hydrogen (secondary N) is 1. The molecule has 0 saturated carbocycles. The quantitative estimate of drug-likeness (QED) is 0.557. The van der Waals surface area contributed by atoms with E-state index in [-0.39, 0.29) is 24.2 Å². The van der Waals surface area contributed by atoms with Crippen molar-refractivity contribution in [3.63, 3.8) is 0 Å². The van der Waals surface area contributed by atoms with Gasteiger partial charge in [0, 0.05) is 58.1 Å². The van der Waals surface area contributed by atoms with Gasteiger partial charge < -0.3 is 10.2 Å². The Bertz CT molecular complexity index is 1170. The Kier molecular flexibility index (Phi) is 9.35. The summed E-state index contributed by atoms with van der Waals surface area (Å²) in [4.78, 5) is 36.0. The summed E-state index contributed by atoms with van der Waals surface area (Å²) >= 11 is 0. The van der Waals surface area contributed by atoms with Gasteiger partial charge in [0.25, 0.3) is 0 Å². The van der Waals surface area contributed by atoms with E-state index in [1.54, 1.807) is 25.3 Å². The number of anilines is 1. The van der Waals surface area contributed by atoms with E-state index in [1.807, 2.05) is 47.4 Å². The van der Waals surface area contributed by atoms with E-state index in [0.717, 1.165) is 42.0 Å². The minimum absolute atomic E-state index is 0.00330. The normalized spacial score (nSPS) is 15.5. The molecule has 0 fully saturated rings. The zero-order chi connectivity index (χ0) is 26.0. The van der Waals surface area contributed by atoms with Crippen LogP contribution in [-0.2, 0) is 29.2 Å². The molecule has 37 heavy (non-hydrogen) atoms. The predicted octanol–water partition coefficient (Wildman–Crippen LogP) is 3.60. The summed E-state index contributed by atoms with van der Waals surface area (Å²) < 4.78 is 13.4. The van der Waals surface area contributed by atoms with Crippen LogP contribution >= 0.6 is 0 Å². The zero-order valence-corrected chi connectivity index (χ0v) is 21.3. The fraction of sp³-hybridized carbons (Fsp3) is 0.345. The molecule has 0 radical (unpaired) electrons. The Morgan fingerprint density at radius 1 is 0.919 bits per heavy atom. The monoisotopic (exact) mass is 503 g/mol. The molecule has 0 atom stereocenters. The maximum Gasteiger partial charge on any atom is 0.234 e. The lowest BCUT2D eigenvalue weighted by Gasteiger charge is -2.27. The highest BCUT2D eigenvalue weighted by molar-refractivity contribution is 5.92. The highest BCUT2D eigenvalue weighted by Gasteiger charge is 2.21. The van der Waals surface area contributed by atoms with Gasteiger partial charge in [-0.3, -0.25) is 24.4 Å². The third kappa shape index (κ3) is 7.93. The van der Waals surface area contributed by atoms with E-state index in [4.69, 9.17) is 0 Å². The molecule has 0 spiro atoms. The van der Waals surface area contributed by atoms with E-state index in [0.29, 0.717) is 32.7 Å². The minimum Gasteiger partial charge on any atom is -0.349 e. The lowest BCUT2D eigenvalue weighted by atomic mass is 10.1. The number of amides is 2. The van der Waals surface area contributed by atoms with Crippen LogP contribution in [0.1, 0.15) is 30.2 Å². The molecular formula is C29H34FN5O2. The molecule has 2 aromatic carbocycles. The zero-order valence-electron chi connectivity index (χ0n) is 21.3. The van der Waals surface area contributed by atoms with Gasteiger partial charge in [0.1, 0.15) is 5.82 Å². The van der Waals surface area contributed by atoms with Crippen molar-refractivity contribution >= 4 is 17.5 Å². The molecule has 1 aromatic heterocycles. The van der Waals surface area contributed by atoms with Crippen LogP contribution in [0.2, 0.25) is 0 Å². The standard InChI is InChI=1S/C29H34FN5O2/c1-23(36)35-16-6-15-33(20-24-10-12-26(30)13-11-24)17-18-34(21-25-7-2-3-9-28(25)35)22-29(37)32-19-27-8-4-5-14-31-27/h2-5,7-14H,6,15-22H2,1H3,(H,32,37). The fourth-order valence-electron chi connectivity index (χ4n) is 4.61. The van der Waals surface area contributed by atoms with E-state index in [2.05, 4.69) is 20.1 Å². The van der Waals surface area contributed by atoms with Gasteiger partial charge in [-0.05, 0) is 47.9 Å². The van der Waals surface area contributed by atoms with Gasteiger partial charge >= 0.3 is 0 Å². The van der Waals surface area contributed by atoms with Crippen molar-refractivity contribution in [2.45, 2.75) is 33.0 Å². The second-order valence-electron chi connectivity index (χ2n) is 9.36. The highest BCUT2D eigenvalue weighted by Crippen LogP contribution is 2.23. The Morgan fingerprint density at radius 3 is 2.43 bits per heavy atom. The molecule has 2 amide bonds. The van der Waals surface area contributed by atoms with E-state index >= 15 is 0 Å². The highest BCUT2D eigenvalue weighted by atomic mass is 19.1. The molecule has 0 aliphatic carbocycles. The average Bonchev–Trinajstić information content (AvgIpc) is 2.93. The summed E-state index contributed by atoms with van der Waals surface area (Å²) in [5, 5.41) is 2.97. The molecule has 2 heterocycles. The third-order valence-electron chi connectivity index (χ3n) is 6.52. The van der Waals surface area contributed by atoms with Gasteiger partial charge in [-0.1, -0.05) is 36.4 Å². The van der Waals surface area contributed by atoms with Crippen LogP contribution in [-0.4, -0.2) is 59.3 Å². The number of hydrogen-bond donors (Lipinski definition) is 1. The first-order valence-corrected chi connectivity index (χ1v) is 12.7. The van der Waals surface area contributed by atoms with Crippen LogP contribution < -0.4 is 10.2 Å². The summed E-state index contributed by atoms with van der Waals surface area (Å²) in [5.41, 5.74) is 3.74. The van der Waals surface area contributed by atoms with E-state index in [1.165, 1.54) is 12.1 Å². The molecule has 1 aliphatic rings. The smallest absolute Gasteiger partial charge is 0.234 e. The Hall–Kier alpha value is -3.62. The summed E-state index contributed by atoms with van der Waals surface area (Å²) in [5.74, 6) is -0.332. The van der Waals surface area contributed by atoms with Crippen molar-refractivity contribution in [1.82, 2.24) is 20.1 Å². The van der Waals surface area contributed by atoms with Gasteiger partial charge in [0.15, 0.2) is 0 Å². The number of halogens is 1. The maximum atomic E-state index is 13.4. The number of benzene rings is 2. The molecule has 1 aliphatic heterocycles. The van der Waals surface area contributed by atoms with Crippen LogP contribution in [0.3, 0.4) is 0 Å². The van der Waals surface area contributed by atoms with Crippen LogP contribution in [0.15, 0.2) is 72.9 Å². The maximum absolute atomic E-state index is 13.4. The van der Waals surface area contributed by atoms with Crippen molar-refractivity contribution in [3.8, 4) is 0 Å². The van der Waals surface area contributed by atoms with Gasteiger partial charge in [0.2, 0.25) is 11.8 Å². The summed E-state index contributed by atoms with van der Waals surface area (Å²) in [6, 6.07) is 20.1. The number of fused-ring (bicyclic) bond motifs is 1. The molecule has 0 unspecified atom stereocenters. The van der Waals surface area contributed by atoms with Crippen molar-refractivity contribution in [3.05, 3.63) is 95.6 Å². The number of nitrogens with zero attached hydrogens (tertiary/aromatic N) is 4. The Balaban J connectivity index is 1.52. The van der Waals surface area contributed by atoms with E-state index in [9.17, 15) is 14.0 Å². The molecule has 194 valence electrons. The number of aromatic nitrogens is 1. The van der Waals surface area contributed by atoms with Crippen LogP contribution in [0.5, 0.6) is 0 Å². The SMILES string of the molecule is CC(=O)N1CCCN(Cc2ccc(F)cc2)CCN(CC(=O)NCc2ccccn2)Cc2ccccc21. The molecule has 0 saturated heterocycles. The molecule has 8 heteroatoms. The van der Waals surface area contributed by atoms with Crippen molar-refractivity contribution in [1.29, 1.82) is 0 Å². The minimum atomic E-state index is -0.251. The van der Waals surface area contributed by atoms with Crippen molar-refractivity contribution < 1.29 is 14.0 Å². The molecule has 0 bridgehead atoms. The lowest BCUT2D eigenvalue weighted by molar-refractivity contribution is -0.122. The van der Waals surface area contributed by atoms with Crippen molar-refractivity contribution in [2.75, 3.05) is 37.6 Å². The molecule has 3 aromatic rings. The summed E-state index contributed by atoms with van der Waals surface area (Å²) in [7, 11) is 0. The first-order chi connectivity index (χ1) is 18.0. The Morgan fingerprint density at radius 2 is 1.68 bits per heavy atom. The van der Waals surface area contributed by atoms with Gasteiger partial charge in [-0.2, -0.15) is 0 Å². The van der Waals surface area contributed by atoms with Gasteiger partial charge in [0.05, 0.1) is 18.8 Å². The summed E-state index contributed by atoms with van der Waals surface area (Å²) in [6.45, 7) is 6.22. The van der Waals surface area contributed by atoms with Gasteiger partial charge in [-0.15, -0.1) is 0 Å². The number of para-hydroxylation sites is 1. The predicted molar refractivity (Wildman–Crippen MR) is 142 cm³/mol. The summed E-state index contributed by atoms with van der Waals surface area (Å²) in [6.07, 6.45) is 2.52. The molecule has 7 nitrogen and oxygen atoms in total. The largest absolute Gasteiger partial charge is 0.349 e. The second-order valence-corrected chi connectivity index (χ2v) is 9.36. The van der Waals surface area contributed by atoms with Crippen LogP contribution in [0.4, 0.5) is 10.1 Å². The number of carbonyl (C=O) groups excluding carboxylic acids is 2. The number of rotatable bonds is 6. The number of pyridine rings is 1. The molecular weight excluding hydrogens is 469 g/mol. The van der Waals surface area contributed by atoms with Crippen molar-refractivity contribution in [2.24, 2.45) is 0 Å². The molecule has 1 N–H and O–H groups in total. The van der Waals surface area contributed by atoms with E-state index < -0.39 is 0 Å². The number of carbonyl (C=O) groups is 2.